The van der Waals surface area contributed by atoms with Gasteiger partial charge in [-0.2, -0.15) is 0 Å². The van der Waals surface area contributed by atoms with E-state index in [1.807, 2.05) is 148 Å². The first-order chi connectivity index (χ1) is 66.5. The van der Waals surface area contributed by atoms with Crippen LogP contribution in [0.3, 0.4) is 0 Å². The van der Waals surface area contributed by atoms with E-state index < -0.39 is 0 Å². The smallest absolute Gasteiger partial charge is 0.256 e. The number of rotatable bonds is 26. The van der Waals surface area contributed by atoms with Crippen LogP contribution in [0.25, 0.3) is 91.9 Å². The van der Waals surface area contributed by atoms with Gasteiger partial charge in [-0.1, -0.05) is 108 Å². The van der Waals surface area contributed by atoms with Crippen molar-refractivity contribution < 1.29 is 60.8 Å². The van der Waals surface area contributed by atoms with Crippen molar-refractivity contribution in [2.75, 3.05) is 86.0 Å². The average molecular weight is 1890 g/mol. The van der Waals surface area contributed by atoms with Gasteiger partial charge in [-0.3, -0.25) is 53.1 Å². The minimum Gasteiger partial charge on any atom is -0.457 e. The molecule has 1 saturated heterocycles. The lowest BCUT2D eigenvalue weighted by Gasteiger charge is -2.18. The van der Waals surface area contributed by atoms with Crippen LogP contribution in [0.1, 0.15) is 145 Å². The summed E-state index contributed by atoms with van der Waals surface area (Å²) in [5, 5.41) is 21.9. The summed E-state index contributed by atoms with van der Waals surface area (Å²) >= 11 is 18.3. The number of amides is 9. The standard InChI is InChI=1S/C30H32N4O4.C28H22ClN3O3.C27H20ClN3O3.C24H21ClN2O3/c1-2-7-28(35)32-26-18-20(29(36)31-14-17-34-15-5-6-16-34)10-12-23(26)27-13-11-21(38-27)19-24-22-8-3-4-9-25(22)33-30(24)37;1-32(14-12-21-7-2-3-13-30-21)28(34)19-6-4-5-18(15-19)26-11-9-22(35-26)17-24-23-16-20(29)8-10-25(23)31-27(24)33;28-19-7-9-24-22(15-19)23(27(33)31-24)16-21-8-10-25(34-21)17-4-3-5-18(14-17)26(32)30-13-11-20-6-1-2-12-29-20;1-3-27(4-2)24(29)16-7-5-6-15(12-16)22-11-9-18(30-22)14-20-19-13-17(25)8-10-21(19)26-23(20)28/h3-4,8-13,18-19H,2,5-7,14-17H2,1H3,(H,31,36)(H,32,35)(H,33,37);2-11,13,15-17H,12,14H2,1H3,(H,31,33);1-10,12,14-16H,11,13H2,(H,30,32)(H,31,33);5-14H,3-4H2,1-2H3,(H,26,28)/b24-19+;24-17+;23-16+;20-14+. The Labute approximate surface area is 805 Å². The van der Waals surface area contributed by atoms with Crippen molar-refractivity contribution in [3.8, 4) is 45.3 Å². The third kappa shape index (κ3) is 23.3. The van der Waals surface area contributed by atoms with Crippen molar-refractivity contribution in [1.29, 1.82) is 0 Å². The number of halogens is 3. The first-order valence-electron chi connectivity index (χ1n) is 45.0. The fourth-order valence-electron chi connectivity index (χ4n) is 16.2. The Morgan fingerprint density at radius 2 is 0.825 bits per heavy atom. The highest BCUT2D eigenvalue weighted by Gasteiger charge is 2.31. The Balaban J connectivity index is 0.000000133. The predicted molar refractivity (Wildman–Crippen MR) is 537 cm³/mol. The van der Waals surface area contributed by atoms with Crippen LogP contribution in [-0.4, -0.2) is 137 Å². The zero-order valence-corrected chi connectivity index (χ0v) is 77.6. The molecule has 0 bridgehead atoms. The summed E-state index contributed by atoms with van der Waals surface area (Å²) in [4.78, 5) is 128. The lowest BCUT2D eigenvalue weighted by Crippen LogP contribution is -2.33. The summed E-state index contributed by atoms with van der Waals surface area (Å²) in [6, 6.07) is 76.3. The van der Waals surface area contributed by atoms with Gasteiger partial charge in [0.25, 0.3) is 47.3 Å². The molecule has 28 heteroatoms. The number of para-hydroxylation sites is 1. The van der Waals surface area contributed by atoms with Crippen molar-refractivity contribution >= 4 is 163 Å². The van der Waals surface area contributed by atoms with Crippen LogP contribution in [0.15, 0.2) is 285 Å². The first-order valence-corrected chi connectivity index (χ1v) is 46.1. The molecular formula is C109H95Cl3N12O13. The number of anilines is 5. The number of likely N-dealkylation sites (tertiary alicyclic amines) is 1. The topological polar surface area (TPSA) is 326 Å². The molecule has 0 atom stereocenters. The van der Waals surface area contributed by atoms with Crippen LogP contribution in [0.4, 0.5) is 28.4 Å². The Morgan fingerprint density at radius 1 is 0.409 bits per heavy atom. The summed E-state index contributed by atoms with van der Waals surface area (Å²) < 4.78 is 24.0. The molecule has 0 saturated carbocycles. The van der Waals surface area contributed by atoms with Gasteiger partial charge in [-0.15, -0.1) is 0 Å². The van der Waals surface area contributed by atoms with E-state index in [1.165, 1.54) is 12.8 Å². The minimum absolute atomic E-state index is 0.00754. The molecule has 0 spiro atoms. The van der Waals surface area contributed by atoms with E-state index in [9.17, 15) is 43.2 Å². The fraction of sp³-hybridized carbons (Fsp3) is 0.165. The first kappa shape index (κ1) is 94.4. The number of fused-ring (bicyclic) bond motifs is 4. The summed E-state index contributed by atoms with van der Waals surface area (Å²) in [5.74, 6) is 3.10. The number of carbonyl (C=O) groups is 9. The zero-order chi connectivity index (χ0) is 95.6. The van der Waals surface area contributed by atoms with Gasteiger partial charge in [0.15, 0.2) is 0 Å². The Hall–Kier alpha value is -15.8. The van der Waals surface area contributed by atoms with Crippen molar-refractivity contribution in [2.45, 2.75) is 59.3 Å². The van der Waals surface area contributed by atoms with Crippen LogP contribution < -0.4 is 37.2 Å². The molecule has 9 amide bonds. The number of nitrogens with zero attached hydrogens (tertiary/aromatic N) is 5. The lowest BCUT2D eigenvalue weighted by atomic mass is 10.1. The molecule has 14 aromatic rings. The molecule has 19 rings (SSSR count). The summed E-state index contributed by atoms with van der Waals surface area (Å²) in [5.41, 5.74) is 15.5. The van der Waals surface area contributed by atoms with Gasteiger partial charge in [0.1, 0.15) is 46.1 Å². The van der Waals surface area contributed by atoms with Gasteiger partial charge < -0.3 is 69.6 Å². The molecule has 1 fully saturated rings. The molecule has 0 aliphatic carbocycles. The van der Waals surface area contributed by atoms with Crippen LogP contribution in [0.5, 0.6) is 0 Å². The second-order valence-corrected chi connectivity index (χ2v) is 34.0. The normalized spacial score (nSPS) is 14.3. The molecule has 0 radical (unpaired) electrons. The number of furan rings is 4. The monoisotopic (exact) mass is 1880 g/mol. The van der Waals surface area contributed by atoms with E-state index >= 15 is 0 Å². The number of pyridine rings is 2. The van der Waals surface area contributed by atoms with Gasteiger partial charge >= 0.3 is 0 Å². The molecule has 5 aliphatic heterocycles. The van der Waals surface area contributed by atoms with Gasteiger partial charge in [0.2, 0.25) is 5.91 Å². The quantitative estimate of drug-likeness (QED) is 0.0248. The number of aromatic nitrogens is 2. The highest BCUT2D eigenvalue weighted by Crippen LogP contribution is 2.42. The van der Waals surface area contributed by atoms with Gasteiger partial charge in [0, 0.05) is 194 Å². The molecule has 7 N–H and O–H groups in total. The number of likely N-dealkylation sites (N-methyl/N-ethyl adjacent to an activating group) is 1. The molecule has 0 unspecified atom stereocenters. The fourth-order valence-corrected chi connectivity index (χ4v) is 16.7. The molecule has 25 nitrogen and oxygen atoms in total. The number of hydrogen-bond acceptors (Lipinski definition) is 16. The second-order valence-electron chi connectivity index (χ2n) is 32.7. The number of benzene rings is 8. The van der Waals surface area contributed by atoms with Crippen LogP contribution in [0.2, 0.25) is 15.1 Å². The van der Waals surface area contributed by atoms with Crippen molar-refractivity contribution in [3.05, 3.63) is 361 Å². The Bertz CT molecular complexity index is 7060. The number of hydrogen-bond donors (Lipinski definition) is 7. The van der Waals surface area contributed by atoms with Crippen LogP contribution in [-0.2, 0) is 36.8 Å². The zero-order valence-electron chi connectivity index (χ0n) is 75.3. The number of nitrogens with one attached hydrogen (secondary N) is 7. The average Bonchev–Trinajstić information content (AvgIpc) is 1.50. The summed E-state index contributed by atoms with van der Waals surface area (Å²) in [6.07, 6.45) is 15.1. The van der Waals surface area contributed by atoms with Crippen LogP contribution in [0, 0.1) is 0 Å². The number of carbonyl (C=O) groups excluding carboxylic acids is 9. The van der Waals surface area contributed by atoms with Crippen molar-refractivity contribution in [1.82, 2.24) is 35.3 Å². The maximum absolute atomic E-state index is 13.0. The Morgan fingerprint density at radius 3 is 1.30 bits per heavy atom. The lowest BCUT2D eigenvalue weighted by molar-refractivity contribution is -0.116. The van der Waals surface area contributed by atoms with E-state index in [0.29, 0.717) is 181 Å². The largest absolute Gasteiger partial charge is 0.457 e. The molecule has 690 valence electrons. The highest BCUT2D eigenvalue weighted by molar-refractivity contribution is 6.39. The van der Waals surface area contributed by atoms with Crippen molar-refractivity contribution in [2.24, 2.45) is 0 Å². The van der Waals surface area contributed by atoms with E-state index in [-0.39, 0.29) is 53.2 Å². The predicted octanol–water partition coefficient (Wildman–Crippen LogP) is 21.8. The van der Waals surface area contributed by atoms with Gasteiger partial charge in [-0.25, -0.2) is 0 Å². The SMILES string of the molecule is CCCC(=O)Nc1cc(C(=O)NCCN2CCCC2)ccc1-c1ccc(/C=C2/C(=O)Nc3ccccc32)o1.CCN(CC)C(=O)c1cccc(-c2ccc(/C=C3/C(=O)Nc4ccc(Cl)cc43)o2)c1.CN(CCc1ccccn1)C(=O)c1cccc(-c2ccc(/C=C3/C(=O)Nc4ccc(Cl)cc43)o2)c1.O=C1Nc2ccc(Cl)cc2/C1=C\c1ccc(-c2cccc(C(=O)NCCc3ccccn3)c2)o1. The third-order valence-electron chi connectivity index (χ3n) is 23.3. The molecule has 11 heterocycles. The molecule has 8 aromatic carbocycles. The van der Waals surface area contributed by atoms with Crippen molar-refractivity contribution in [3.63, 3.8) is 0 Å². The third-order valence-corrected chi connectivity index (χ3v) is 24.0. The second kappa shape index (κ2) is 43.9. The molecule has 6 aromatic heterocycles. The van der Waals surface area contributed by atoms with Gasteiger partial charge in [0.05, 0.1) is 28.0 Å². The van der Waals surface area contributed by atoms with Gasteiger partial charge in [-0.05, 0) is 259 Å². The molecule has 5 aliphatic rings. The van der Waals surface area contributed by atoms with E-state index in [0.717, 1.165) is 87.0 Å². The summed E-state index contributed by atoms with van der Waals surface area (Å²) in [7, 11) is 1.78. The van der Waals surface area contributed by atoms with Crippen LogP contribution >= 0.6 is 34.8 Å². The minimum atomic E-state index is -0.209. The van der Waals surface area contributed by atoms with E-state index in [4.69, 9.17) is 52.5 Å². The van der Waals surface area contributed by atoms with E-state index in [2.05, 4.69) is 52.1 Å². The maximum Gasteiger partial charge on any atom is 0.256 e. The summed E-state index contributed by atoms with van der Waals surface area (Å²) in [6.45, 7) is 11.8. The highest BCUT2D eigenvalue weighted by atomic mass is 35.5. The molecule has 137 heavy (non-hydrogen) atoms. The Kier molecular flexibility index (Phi) is 30.3. The van der Waals surface area contributed by atoms with E-state index in [1.54, 1.807) is 181 Å². The maximum atomic E-state index is 13.0. The molecular weight excluding hydrogens is 1790 g/mol.